The molecule has 0 aliphatic heterocycles. The lowest BCUT2D eigenvalue weighted by molar-refractivity contribution is 0.218. The number of allylic oxidation sites excluding steroid dienone is 2. The largest absolute Gasteiger partial charge is 0.0848 e. The Kier molecular flexibility index (Phi) is 3.35. The van der Waals surface area contributed by atoms with Crippen molar-refractivity contribution < 1.29 is 0 Å². The van der Waals surface area contributed by atoms with Gasteiger partial charge < -0.3 is 0 Å². The summed E-state index contributed by atoms with van der Waals surface area (Å²) in [7, 11) is 0. The molecule has 0 spiro atoms. The van der Waals surface area contributed by atoms with Gasteiger partial charge in [-0.05, 0) is 56.3 Å². The fraction of sp³-hybridized carbons (Fsp3) is 0.875. The minimum Gasteiger partial charge on any atom is -0.0848 e. The highest BCUT2D eigenvalue weighted by molar-refractivity contribution is 5.16. The van der Waals surface area contributed by atoms with Gasteiger partial charge in [-0.3, -0.25) is 0 Å². The summed E-state index contributed by atoms with van der Waals surface area (Å²) >= 11 is 0. The van der Waals surface area contributed by atoms with E-state index in [-0.39, 0.29) is 0 Å². The molecule has 0 radical (unpaired) electrons. The molecule has 90 valence electrons. The molecule has 3 aliphatic rings. The van der Waals surface area contributed by atoms with E-state index in [1.165, 1.54) is 70.6 Å². The molecule has 0 aromatic carbocycles. The highest BCUT2D eigenvalue weighted by atomic mass is 14.4. The van der Waals surface area contributed by atoms with Gasteiger partial charge in [0, 0.05) is 0 Å². The first-order valence-electron chi connectivity index (χ1n) is 7.65. The van der Waals surface area contributed by atoms with E-state index in [1.807, 2.05) is 5.57 Å². The molecule has 0 aromatic heterocycles. The van der Waals surface area contributed by atoms with Crippen LogP contribution in [0, 0.1) is 17.8 Å². The summed E-state index contributed by atoms with van der Waals surface area (Å²) in [6, 6.07) is 0. The lowest BCUT2D eigenvalue weighted by Crippen LogP contribution is -2.28. The fourth-order valence-corrected chi connectivity index (χ4v) is 4.51. The van der Waals surface area contributed by atoms with Crippen LogP contribution >= 0.6 is 0 Å². The van der Waals surface area contributed by atoms with Crippen molar-refractivity contribution in [3.05, 3.63) is 11.6 Å². The summed E-state index contributed by atoms with van der Waals surface area (Å²) in [6.07, 6.45) is 19.1. The molecule has 0 amide bonds. The molecule has 2 fully saturated rings. The Hall–Kier alpha value is -0.260. The maximum atomic E-state index is 2.66. The molecule has 1 unspecified atom stereocenters. The van der Waals surface area contributed by atoms with Gasteiger partial charge in [-0.1, -0.05) is 43.8 Å². The van der Waals surface area contributed by atoms with E-state index >= 15 is 0 Å². The molecule has 3 rings (SSSR count). The quantitative estimate of drug-likeness (QED) is 0.538. The van der Waals surface area contributed by atoms with Gasteiger partial charge >= 0.3 is 0 Å². The van der Waals surface area contributed by atoms with Crippen molar-refractivity contribution in [2.75, 3.05) is 0 Å². The van der Waals surface area contributed by atoms with Crippen LogP contribution < -0.4 is 0 Å². The van der Waals surface area contributed by atoms with E-state index in [0.717, 1.165) is 17.8 Å². The molecule has 0 heteroatoms. The fourth-order valence-electron chi connectivity index (χ4n) is 4.51. The number of fused-ring (bicyclic) bond motifs is 1. The van der Waals surface area contributed by atoms with E-state index in [2.05, 4.69) is 6.08 Å². The van der Waals surface area contributed by atoms with E-state index < -0.39 is 0 Å². The minimum absolute atomic E-state index is 1.000. The molecular formula is C16H26. The summed E-state index contributed by atoms with van der Waals surface area (Å²) < 4.78 is 0. The van der Waals surface area contributed by atoms with Crippen LogP contribution in [0.15, 0.2) is 11.6 Å². The third kappa shape index (κ3) is 2.08. The SMILES string of the molecule is C1=C(C2CCCCC2)C2CCCC[C@@H]2CC1. The Morgan fingerprint density at radius 1 is 0.750 bits per heavy atom. The lowest BCUT2D eigenvalue weighted by Gasteiger charge is -2.40. The molecule has 0 aromatic rings. The number of hydrogen-bond donors (Lipinski definition) is 0. The molecule has 0 bridgehead atoms. The zero-order chi connectivity index (χ0) is 10.8. The molecule has 3 aliphatic carbocycles. The summed E-state index contributed by atoms with van der Waals surface area (Å²) in [5.74, 6) is 3.10. The first kappa shape index (κ1) is 10.9. The van der Waals surface area contributed by atoms with Crippen LogP contribution in [-0.4, -0.2) is 0 Å². The van der Waals surface area contributed by atoms with Crippen molar-refractivity contribution in [1.29, 1.82) is 0 Å². The minimum atomic E-state index is 1.000. The van der Waals surface area contributed by atoms with Crippen molar-refractivity contribution in [3.63, 3.8) is 0 Å². The van der Waals surface area contributed by atoms with Gasteiger partial charge in [0.25, 0.3) is 0 Å². The highest BCUT2D eigenvalue weighted by Crippen LogP contribution is 2.46. The van der Waals surface area contributed by atoms with Crippen LogP contribution in [-0.2, 0) is 0 Å². The molecule has 0 heterocycles. The van der Waals surface area contributed by atoms with Crippen LogP contribution in [0.3, 0.4) is 0 Å². The van der Waals surface area contributed by atoms with E-state index in [0.29, 0.717) is 0 Å². The van der Waals surface area contributed by atoms with Gasteiger partial charge in [-0.25, -0.2) is 0 Å². The maximum Gasteiger partial charge on any atom is -0.0172 e. The Bertz CT molecular complexity index is 257. The van der Waals surface area contributed by atoms with Crippen LogP contribution in [0.5, 0.6) is 0 Å². The first-order chi connectivity index (χ1) is 7.95. The van der Waals surface area contributed by atoms with Crippen molar-refractivity contribution in [1.82, 2.24) is 0 Å². The Balaban J connectivity index is 1.74. The standard InChI is InChI=1S/C16H26/c1-2-7-13(8-3-1)16-12-6-10-14-9-4-5-11-15(14)16/h12-15H,1-11H2/t14-,15?/m1/s1. The molecule has 2 saturated carbocycles. The Labute approximate surface area is 101 Å². The second-order valence-corrected chi connectivity index (χ2v) is 6.27. The van der Waals surface area contributed by atoms with Gasteiger partial charge in [-0.2, -0.15) is 0 Å². The van der Waals surface area contributed by atoms with Crippen molar-refractivity contribution in [2.24, 2.45) is 17.8 Å². The molecule has 0 N–H and O–H groups in total. The normalized spacial score (nSPS) is 36.6. The van der Waals surface area contributed by atoms with Crippen LogP contribution in [0.25, 0.3) is 0 Å². The highest BCUT2D eigenvalue weighted by Gasteiger charge is 2.33. The van der Waals surface area contributed by atoms with Crippen molar-refractivity contribution in [3.8, 4) is 0 Å². The first-order valence-corrected chi connectivity index (χ1v) is 7.65. The maximum absolute atomic E-state index is 2.66. The Morgan fingerprint density at radius 3 is 2.38 bits per heavy atom. The van der Waals surface area contributed by atoms with Crippen molar-refractivity contribution >= 4 is 0 Å². The predicted octanol–water partition coefficient (Wildman–Crippen LogP) is 5.09. The second kappa shape index (κ2) is 4.94. The zero-order valence-electron chi connectivity index (χ0n) is 10.6. The van der Waals surface area contributed by atoms with Gasteiger partial charge in [0.05, 0.1) is 0 Å². The predicted molar refractivity (Wildman–Crippen MR) is 69.3 cm³/mol. The average molecular weight is 218 g/mol. The van der Waals surface area contributed by atoms with Gasteiger partial charge in [0.15, 0.2) is 0 Å². The zero-order valence-corrected chi connectivity index (χ0v) is 10.6. The van der Waals surface area contributed by atoms with Crippen LogP contribution in [0.1, 0.15) is 70.6 Å². The third-order valence-corrected chi connectivity index (χ3v) is 5.33. The Morgan fingerprint density at radius 2 is 1.50 bits per heavy atom. The van der Waals surface area contributed by atoms with E-state index in [1.54, 1.807) is 0 Å². The smallest absolute Gasteiger partial charge is 0.0172 e. The molecule has 0 nitrogen and oxygen atoms in total. The van der Waals surface area contributed by atoms with Gasteiger partial charge in [0.2, 0.25) is 0 Å². The van der Waals surface area contributed by atoms with E-state index in [4.69, 9.17) is 0 Å². The second-order valence-electron chi connectivity index (χ2n) is 6.27. The summed E-state index contributed by atoms with van der Waals surface area (Å²) in [5.41, 5.74) is 1.93. The summed E-state index contributed by atoms with van der Waals surface area (Å²) in [5, 5.41) is 0. The molecule has 16 heavy (non-hydrogen) atoms. The van der Waals surface area contributed by atoms with Crippen LogP contribution in [0.2, 0.25) is 0 Å². The van der Waals surface area contributed by atoms with Crippen LogP contribution in [0.4, 0.5) is 0 Å². The molecule has 0 saturated heterocycles. The molecule has 2 atom stereocenters. The summed E-state index contributed by atoms with van der Waals surface area (Å²) in [4.78, 5) is 0. The average Bonchev–Trinajstić information content (AvgIpc) is 2.39. The third-order valence-electron chi connectivity index (χ3n) is 5.33. The lowest BCUT2D eigenvalue weighted by atomic mass is 9.65. The monoisotopic (exact) mass is 218 g/mol. The topological polar surface area (TPSA) is 0 Å². The van der Waals surface area contributed by atoms with Gasteiger partial charge in [-0.15, -0.1) is 0 Å². The number of hydrogen-bond acceptors (Lipinski definition) is 0. The van der Waals surface area contributed by atoms with E-state index in [9.17, 15) is 0 Å². The summed E-state index contributed by atoms with van der Waals surface area (Å²) in [6.45, 7) is 0. The number of rotatable bonds is 1. The molecular weight excluding hydrogens is 192 g/mol. The van der Waals surface area contributed by atoms with Crippen molar-refractivity contribution in [2.45, 2.75) is 70.6 Å². The van der Waals surface area contributed by atoms with Gasteiger partial charge in [0.1, 0.15) is 0 Å².